The maximum Gasteiger partial charge on any atom is 0.0547 e. The van der Waals surface area contributed by atoms with E-state index in [4.69, 9.17) is 0 Å². The summed E-state index contributed by atoms with van der Waals surface area (Å²) >= 11 is 0. The fourth-order valence-electron chi connectivity index (χ4n) is 8.77. The number of hydrogen-bond donors (Lipinski definition) is 0. The van der Waals surface area contributed by atoms with Crippen molar-refractivity contribution in [2.45, 2.75) is 0 Å². The molecule has 11 aromatic rings. The van der Waals surface area contributed by atoms with Crippen LogP contribution in [-0.4, -0.2) is 4.57 Å². The van der Waals surface area contributed by atoms with Crippen molar-refractivity contribution in [1.29, 1.82) is 0 Å². The largest absolute Gasteiger partial charge is 0.309 e. The van der Waals surface area contributed by atoms with E-state index in [-0.39, 0.29) is 0 Å². The molecule has 0 aliphatic rings. The van der Waals surface area contributed by atoms with Crippen molar-refractivity contribution in [1.82, 2.24) is 4.57 Å². The number of nitrogens with zero attached hydrogens (tertiary/aromatic N) is 2. The van der Waals surface area contributed by atoms with E-state index >= 15 is 0 Å². The minimum Gasteiger partial charge on any atom is -0.309 e. The Balaban J connectivity index is 1.22. The Hall–Kier alpha value is -7.16. The Morgan fingerprint density at radius 2 is 0.833 bits per heavy atom. The molecule has 0 saturated carbocycles. The van der Waals surface area contributed by atoms with Gasteiger partial charge in [0.15, 0.2) is 0 Å². The van der Waals surface area contributed by atoms with Gasteiger partial charge in [-0.1, -0.05) is 158 Å². The van der Waals surface area contributed by atoms with Gasteiger partial charge in [-0.25, -0.2) is 0 Å². The molecule has 0 saturated heterocycles. The van der Waals surface area contributed by atoms with E-state index in [2.05, 4.69) is 216 Å². The molecule has 0 bridgehead atoms. The van der Waals surface area contributed by atoms with Crippen LogP contribution < -0.4 is 4.90 Å². The molecular weight excluding hydrogens is 653 g/mol. The fraction of sp³-hybridized carbons (Fsp3) is 0. The molecule has 11 rings (SSSR count). The summed E-state index contributed by atoms with van der Waals surface area (Å²) in [5.74, 6) is 0. The third kappa shape index (κ3) is 4.67. The third-order valence-corrected chi connectivity index (χ3v) is 11.1. The Labute approximate surface area is 313 Å². The van der Waals surface area contributed by atoms with Gasteiger partial charge in [-0.3, -0.25) is 0 Å². The minimum atomic E-state index is 1.11. The summed E-state index contributed by atoms with van der Waals surface area (Å²) in [5.41, 5.74) is 9.37. The van der Waals surface area contributed by atoms with Gasteiger partial charge in [0.05, 0.1) is 22.4 Å². The number of para-hydroxylation sites is 2. The molecule has 0 radical (unpaired) electrons. The van der Waals surface area contributed by atoms with Crippen molar-refractivity contribution in [3.05, 3.63) is 206 Å². The number of fused-ring (bicyclic) bond motifs is 9. The fourth-order valence-corrected chi connectivity index (χ4v) is 8.77. The molecule has 0 fully saturated rings. The summed E-state index contributed by atoms with van der Waals surface area (Å²) in [6.45, 7) is 0. The lowest BCUT2D eigenvalue weighted by molar-refractivity contribution is 1.18. The maximum atomic E-state index is 2.50. The summed E-state index contributed by atoms with van der Waals surface area (Å²) < 4.78 is 2.40. The molecule has 2 nitrogen and oxygen atoms in total. The molecule has 0 unspecified atom stereocenters. The summed E-state index contributed by atoms with van der Waals surface area (Å²) in [5, 5.41) is 12.4. The Morgan fingerprint density at radius 3 is 1.48 bits per heavy atom. The first-order valence-corrected chi connectivity index (χ1v) is 18.6. The van der Waals surface area contributed by atoms with Gasteiger partial charge >= 0.3 is 0 Å². The van der Waals surface area contributed by atoms with Gasteiger partial charge in [-0.15, -0.1) is 0 Å². The molecular formula is C52H34N2. The number of benzene rings is 10. The van der Waals surface area contributed by atoms with Crippen LogP contribution in [0.2, 0.25) is 0 Å². The summed E-state index contributed by atoms with van der Waals surface area (Å²) in [6, 6.07) is 75.4. The lowest BCUT2D eigenvalue weighted by atomic mass is 9.95. The second-order valence-electron chi connectivity index (χ2n) is 14.1. The highest BCUT2D eigenvalue weighted by Crippen LogP contribution is 2.47. The van der Waals surface area contributed by atoms with Crippen molar-refractivity contribution in [2.24, 2.45) is 0 Å². The van der Waals surface area contributed by atoms with Gasteiger partial charge in [0, 0.05) is 32.9 Å². The summed E-state index contributed by atoms with van der Waals surface area (Å²) in [6.07, 6.45) is 0. The Kier molecular flexibility index (Phi) is 6.90. The predicted molar refractivity (Wildman–Crippen MR) is 231 cm³/mol. The zero-order valence-corrected chi connectivity index (χ0v) is 29.5. The summed E-state index contributed by atoms with van der Waals surface area (Å²) in [7, 11) is 0. The molecule has 1 heterocycles. The zero-order chi connectivity index (χ0) is 35.6. The van der Waals surface area contributed by atoms with Crippen LogP contribution in [0, 0.1) is 0 Å². The first-order chi connectivity index (χ1) is 26.8. The highest BCUT2D eigenvalue weighted by Gasteiger charge is 2.22. The maximum absolute atomic E-state index is 2.50. The van der Waals surface area contributed by atoms with Crippen LogP contribution in [0.3, 0.4) is 0 Å². The van der Waals surface area contributed by atoms with E-state index < -0.39 is 0 Å². The van der Waals surface area contributed by atoms with Gasteiger partial charge in [-0.05, 0) is 92.0 Å². The van der Waals surface area contributed by atoms with Crippen molar-refractivity contribution < 1.29 is 0 Å². The van der Waals surface area contributed by atoms with Gasteiger partial charge in [0.1, 0.15) is 0 Å². The van der Waals surface area contributed by atoms with E-state index in [0.29, 0.717) is 0 Å². The number of anilines is 3. The smallest absolute Gasteiger partial charge is 0.0547 e. The van der Waals surface area contributed by atoms with Crippen molar-refractivity contribution in [2.75, 3.05) is 4.90 Å². The van der Waals surface area contributed by atoms with Gasteiger partial charge in [-0.2, -0.15) is 0 Å². The first-order valence-electron chi connectivity index (χ1n) is 18.6. The Bertz CT molecular complexity index is 3110. The quantitative estimate of drug-likeness (QED) is 0.164. The van der Waals surface area contributed by atoms with E-state index in [1.165, 1.54) is 76.0 Å². The van der Waals surface area contributed by atoms with Crippen LogP contribution >= 0.6 is 0 Å². The highest BCUT2D eigenvalue weighted by atomic mass is 15.1. The van der Waals surface area contributed by atoms with Gasteiger partial charge in [0.25, 0.3) is 0 Å². The zero-order valence-electron chi connectivity index (χ0n) is 29.5. The van der Waals surface area contributed by atoms with Crippen molar-refractivity contribution >= 4 is 82.0 Å². The van der Waals surface area contributed by atoms with Crippen LogP contribution in [0.25, 0.3) is 81.7 Å². The monoisotopic (exact) mass is 686 g/mol. The average molecular weight is 687 g/mol. The lowest BCUT2D eigenvalue weighted by Crippen LogP contribution is -2.11. The average Bonchev–Trinajstić information content (AvgIpc) is 3.59. The van der Waals surface area contributed by atoms with Crippen molar-refractivity contribution in [3.63, 3.8) is 0 Å². The van der Waals surface area contributed by atoms with E-state index in [0.717, 1.165) is 22.7 Å². The third-order valence-electron chi connectivity index (χ3n) is 11.1. The van der Waals surface area contributed by atoms with Crippen LogP contribution in [-0.2, 0) is 0 Å². The van der Waals surface area contributed by atoms with Gasteiger partial charge < -0.3 is 9.47 Å². The van der Waals surface area contributed by atoms with Crippen LogP contribution in [0.1, 0.15) is 0 Å². The molecule has 2 heteroatoms. The number of rotatable bonds is 5. The second kappa shape index (κ2) is 12.2. The summed E-state index contributed by atoms with van der Waals surface area (Å²) in [4.78, 5) is 2.50. The van der Waals surface area contributed by atoms with E-state index in [1.54, 1.807) is 0 Å². The molecule has 0 aliphatic heterocycles. The molecule has 0 N–H and O–H groups in total. The Morgan fingerprint density at radius 1 is 0.333 bits per heavy atom. The van der Waals surface area contributed by atoms with Crippen LogP contribution in [0.15, 0.2) is 206 Å². The normalized spacial score (nSPS) is 11.7. The number of aromatic nitrogens is 1. The second-order valence-corrected chi connectivity index (χ2v) is 14.1. The number of hydrogen-bond acceptors (Lipinski definition) is 1. The molecule has 54 heavy (non-hydrogen) atoms. The highest BCUT2D eigenvalue weighted by molar-refractivity contribution is 6.19. The lowest BCUT2D eigenvalue weighted by Gasteiger charge is -2.29. The SMILES string of the molecule is c1ccc(-n2c3ccccc3c3c(-c4cccc(N(c5cc6ccccc6c6ccccc56)c5cc6ccccc6c6ccccc56)c4)cccc32)cc1. The predicted octanol–water partition coefficient (Wildman–Crippen LogP) is 14.5. The topological polar surface area (TPSA) is 8.17 Å². The molecule has 0 spiro atoms. The van der Waals surface area contributed by atoms with Crippen LogP contribution in [0.5, 0.6) is 0 Å². The molecule has 1 aromatic heterocycles. The molecule has 0 aliphatic carbocycles. The molecule has 10 aromatic carbocycles. The van der Waals surface area contributed by atoms with Gasteiger partial charge in [0.2, 0.25) is 0 Å². The minimum absolute atomic E-state index is 1.11. The van der Waals surface area contributed by atoms with Crippen molar-refractivity contribution in [3.8, 4) is 16.8 Å². The standard InChI is InChI=1S/C52H34N2/c1-2-19-38(20-3-1)53-48-30-13-12-28-47(48)52-42(29-15-31-49(52)53)35-18-14-21-39(32-35)54(50-33-36-16-4-6-22-40(36)43-24-8-10-26-45(43)50)51-34-37-17-5-7-23-41(37)44-25-9-11-27-46(44)51/h1-34H. The van der Waals surface area contributed by atoms with E-state index in [9.17, 15) is 0 Å². The molecule has 0 atom stereocenters. The first kappa shape index (κ1) is 30.5. The molecule has 0 amide bonds. The molecule has 252 valence electrons. The van der Waals surface area contributed by atoms with Crippen LogP contribution in [0.4, 0.5) is 17.1 Å². The van der Waals surface area contributed by atoms with E-state index in [1.807, 2.05) is 0 Å².